The minimum absolute atomic E-state index is 0.0512. The molecular formula is C18H25N3O3S. The van der Waals surface area contributed by atoms with Crippen LogP contribution in [0.3, 0.4) is 0 Å². The van der Waals surface area contributed by atoms with E-state index >= 15 is 0 Å². The monoisotopic (exact) mass is 363 g/mol. The topological polar surface area (TPSA) is 76.1 Å². The number of H-pyrrole nitrogens is 1. The van der Waals surface area contributed by atoms with E-state index in [1.165, 1.54) is 4.57 Å². The summed E-state index contributed by atoms with van der Waals surface area (Å²) in [6.45, 7) is 8.25. The average molecular weight is 363 g/mol. The molecule has 0 aliphatic heterocycles. The first-order chi connectivity index (χ1) is 11.7. The lowest BCUT2D eigenvalue weighted by molar-refractivity contribution is 0.00885. The molecule has 6 nitrogen and oxygen atoms in total. The number of aromatic nitrogens is 2. The van der Waals surface area contributed by atoms with Crippen molar-refractivity contribution < 1.29 is 9.53 Å². The number of carbonyl (C=O) groups excluding carboxylic acids is 1. The molecule has 136 valence electrons. The second kappa shape index (κ2) is 7.49. The third-order valence-electron chi connectivity index (χ3n) is 4.29. The predicted octanol–water partition coefficient (Wildman–Crippen LogP) is 3.01. The minimum Gasteiger partial charge on any atom is -0.379 e. The normalized spacial score (nSPS) is 13.0. The number of rotatable bonds is 6. The first-order valence-electron chi connectivity index (χ1n) is 8.31. The molecule has 2 N–H and O–H groups in total. The number of benzene rings is 1. The summed E-state index contributed by atoms with van der Waals surface area (Å²) in [5.74, 6) is -0.194. The number of nitrogens with zero attached hydrogens (tertiary/aromatic N) is 1. The lowest BCUT2D eigenvalue weighted by Gasteiger charge is -2.27. The van der Waals surface area contributed by atoms with Crippen LogP contribution in [0.15, 0.2) is 23.0 Å². The highest BCUT2D eigenvalue weighted by Crippen LogP contribution is 2.16. The van der Waals surface area contributed by atoms with Gasteiger partial charge in [0.25, 0.3) is 11.5 Å². The van der Waals surface area contributed by atoms with E-state index in [1.54, 1.807) is 25.3 Å². The molecule has 1 atom stereocenters. The number of aromatic amines is 1. The summed E-state index contributed by atoms with van der Waals surface area (Å²) in [5.41, 5.74) is 0.585. The molecule has 0 radical (unpaired) electrons. The number of ether oxygens (including phenoxy) is 1. The largest absolute Gasteiger partial charge is 0.379 e. The molecule has 0 aliphatic rings. The Kier molecular flexibility index (Phi) is 5.80. The quantitative estimate of drug-likeness (QED) is 0.774. The predicted molar refractivity (Wildman–Crippen MR) is 102 cm³/mol. The zero-order valence-corrected chi connectivity index (χ0v) is 16.1. The van der Waals surface area contributed by atoms with Crippen molar-refractivity contribution in [3.63, 3.8) is 0 Å². The maximum Gasteiger partial charge on any atom is 0.262 e. The summed E-state index contributed by atoms with van der Waals surface area (Å²) in [7, 11) is 1.66. The number of nitrogens with one attached hydrogen (secondary N) is 2. The summed E-state index contributed by atoms with van der Waals surface area (Å²) in [4.78, 5) is 27.9. The Balaban J connectivity index is 2.28. The molecule has 0 spiro atoms. The third kappa shape index (κ3) is 4.35. The fraction of sp³-hybridized carbons (Fsp3) is 0.500. The lowest BCUT2D eigenvalue weighted by atomic mass is 9.99. The van der Waals surface area contributed by atoms with Crippen molar-refractivity contribution in [2.45, 2.75) is 52.3 Å². The van der Waals surface area contributed by atoms with Gasteiger partial charge < -0.3 is 15.0 Å². The van der Waals surface area contributed by atoms with Gasteiger partial charge in [0.05, 0.1) is 16.5 Å². The van der Waals surface area contributed by atoms with E-state index in [0.717, 1.165) is 0 Å². The van der Waals surface area contributed by atoms with Gasteiger partial charge in [-0.25, -0.2) is 0 Å². The standard InChI is InChI=1S/C18H25N3O3S/c1-6-21-16(23)13-8-7-12(9-14(13)20-17(21)25)15(22)19-11(2)10-18(3,4)24-5/h7-9,11H,6,10H2,1-5H3,(H,19,22)(H,20,25)/t11-/m0/s1. The maximum atomic E-state index is 12.5. The Morgan fingerprint density at radius 2 is 2.12 bits per heavy atom. The van der Waals surface area contributed by atoms with Crippen molar-refractivity contribution in [3.05, 3.63) is 38.9 Å². The van der Waals surface area contributed by atoms with Crippen molar-refractivity contribution in [3.8, 4) is 0 Å². The second-order valence-corrected chi connectivity index (χ2v) is 7.17. The molecule has 25 heavy (non-hydrogen) atoms. The highest BCUT2D eigenvalue weighted by atomic mass is 32.1. The van der Waals surface area contributed by atoms with E-state index in [9.17, 15) is 9.59 Å². The van der Waals surface area contributed by atoms with Crippen LogP contribution in [0.4, 0.5) is 0 Å². The summed E-state index contributed by atoms with van der Waals surface area (Å²) in [5, 5.41) is 3.48. The summed E-state index contributed by atoms with van der Waals surface area (Å²) >= 11 is 5.21. The molecule has 0 unspecified atom stereocenters. The van der Waals surface area contributed by atoms with E-state index in [-0.39, 0.29) is 23.1 Å². The van der Waals surface area contributed by atoms with Crippen LogP contribution >= 0.6 is 12.2 Å². The van der Waals surface area contributed by atoms with E-state index < -0.39 is 0 Å². The molecule has 1 aromatic heterocycles. The molecule has 0 saturated carbocycles. The second-order valence-electron chi connectivity index (χ2n) is 6.78. The van der Waals surface area contributed by atoms with Gasteiger partial charge in [-0.2, -0.15) is 0 Å². The zero-order valence-electron chi connectivity index (χ0n) is 15.3. The smallest absolute Gasteiger partial charge is 0.262 e. The maximum absolute atomic E-state index is 12.5. The SMILES string of the molecule is CCn1c(=S)[nH]c2cc(C(=O)N[C@@H](C)CC(C)(C)OC)ccc2c1=O. The van der Waals surface area contributed by atoms with Crippen molar-refractivity contribution in [2.75, 3.05) is 7.11 Å². The summed E-state index contributed by atoms with van der Waals surface area (Å²) in [6.07, 6.45) is 0.687. The molecule has 1 heterocycles. The highest BCUT2D eigenvalue weighted by molar-refractivity contribution is 7.71. The number of hydrogen-bond acceptors (Lipinski definition) is 4. The van der Waals surface area contributed by atoms with Gasteiger partial charge in [-0.1, -0.05) is 0 Å². The molecule has 1 aromatic carbocycles. The molecule has 1 amide bonds. The van der Waals surface area contributed by atoms with Gasteiger partial charge in [0.15, 0.2) is 4.77 Å². The van der Waals surface area contributed by atoms with Crippen LogP contribution in [-0.2, 0) is 11.3 Å². The summed E-state index contributed by atoms with van der Waals surface area (Å²) < 4.78 is 7.24. The molecule has 0 aliphatic carbocycles. The van der Waals surface area contributed by atoms with Crippen molar-refractivity contribution >= 4 is 29.0 Å². The highest BCUT2D eigenvalue weighted by Gasteiger charge is 2.21. The van der Waals surface area contributed by atoms with Gasteiger partial charge in [0.2, 0.25) is 0 Å². The number of carbonyl (C=O) groups is 1. The molecule has 0 bridgehead atoms. The lowest BCUT2D eigenvalue weighted by Crippen LogP contribution is -2.39. The van der Waals surface area contributed by atoms with Crippen molar-refractivity contribution in [1.82, 2.24) is 14.9 Å². The van der Waals surface area contributed by atoms with Crippen LogP contribution < -0.4 is 10.9 Å². The Morgan fingerprint density at radius 3 is 2.72 bits per heavy atom. The number of hydrogen-bond donors (Lipinski definition) is 2. The average Bonchev–Trinajstić information content (AvgIpc) is 2.54. The van der Waals surface area contributed by atoms with Gasteiger partial charge in [0, 0.05) is 25.3 Å². The number of methoxy groups -OCH3 is 1. The Morgan fingerprint density at radius 1 is 1.44 bits per heavy atom. The van der Waals surface area contributed by atoms with Gasteiger partial charge >= 0.3 is 0 Å². The minimum atomic E-state index is -0.313. The van der Waals surface area contributed by atoms with Crippen LogP contribution in [-0.4, -0.2) is 34.2 Å². The van der Waals surface area contributed by atoms with Gasteiger partial charge in [-0.05, 0) is 64.5 Å². The van der Waals surface area contributed by atoms with E-state index in [4.69, 9.17) is 17.0 Å². The Labute approximate surface area is 152 Å². The van der Waals surface area contributed by atoms with Crippen molar-refractivity contribution in [2.24, 2.45) is 0 Å². The van der Waals surface area contributed by atoms with Crippen LogP contribution in [0.25, 0.3) is 10.9 Å². The third-order valence-corrected chi connectivity index (χ3v) is 4.61. The van der Waals surface area contributed by atoms with Gasteiger partial charge in [-0.3, -0.25) is 14.2 Å². The van der Waals surface area contributed by atoms with E-state index in [2.05, 4.69) is 10.3 Å². The fourth-order valence-corrected chi connectivity index (χ4v) is 3.18. The van der Waals surface area contributed by atoms with E-state index in [1.807, 2.05) is 27.7 Å². The van der Waals surface area contributed by atoms with Crippen LogP contribution in [0.2, 0.25) is 0 Å². The Hall–Kier alpha value is -1.99. The van der Waals surface area contributed by atoms with Gasteiger partial charge in [0.1, 0.15) is 0 Å². The van der Waals surface area contributed by atoms with Crippen molar-refractivity contribution in [1.29, 1.82) is 0 Å². The molecule has 2 aromatic rings. The summed E-state index contributed by atoms with van der Waals surface area (Å²) in [6, 6.07) is 4.93. The number of fused-ring (bicyclic) bond motifs is 1. The molecule has 0 fully saturated rings. The van der Waals surface area contributed by atoms with Gasteiger partial charge in [-0.15, -0.1) is 0 Å². The van der Waals surface area contributed by atoms with E-state index in [0.29, 0.717) is 34.2 Å². The molecule has 0 saturated heterocycles. The fourth-order valence-electron chi connectivity index (χ4n) is 2.86. The molecule has 7 heteroatoms. The van der Waals surface area contributed by atoms with Crippen LogP contribution in [0.5, 0.6) is 0 Å². The molecular weight excluding hydrogens is 338 g/mol. The first-order valence-corrected chi connectivity index (χ1v) is 8.72. The number of amides is 1. The molecule has 2 rings (SSSR count). The Bertz CT molecular complexity index is 899. The first kappa shape index (κ1) is 19.3. The van der Waals surface area contributed by atoms with Crippen LogP contribution in [0.1, 0.15) is 44.5 Å². The van der Waals surface area contributed by atoms with Crippen LogP contribution in [0, 0.1) is 4.77 Å². The zero-order chi connectivity index (χ0) is 18.8.